The van der Waals surface area contributed by atoms with Crippen LogP contribution < -0.4 is 0 Å². The molecule has 0 saturated carbocycles. The summed E-state index contributed by atoms with van der Waals surface area (Å²) < 4.78 is 1.24. The van der Waals surface area contributed by atoms with Crippen molar-refractivity contribution in [3.05, 3.63) is 33.7 Å². The van der Waals surface area contributed by atoms with Crippen molar-refractivity contribution >= 4 is 22.6 Å². The van der Waals surface area contributed by atoms with E-state index in [2.05, 4.69) is 53.4 Å². The summed E-state index contributed by atoms with van der Waals surface area (Å²) in [5.41, 5.74) is 2.51. The van der Waals surface area contributed by atoms with Gasteiger partial charge in [0.1, 0.15) is 0 Å². The fourth-order valence-electron chi connectivity index (χ4n) is 1.08. The van der Waals surface area contributed by atoms with Crippen LogP contribution in [0, 0.1) is 0 Å². The zero-order valence-electron chi connectivity index (χ0n) is 6.89. The van der Waals surface area contributed by atoms with E-state index in [-0.39, 0.29) is 0 Å². The largest absolute Gasteiger partial charge is 0.356 e. The monoisotopic (exact) mass is 261 g/mol. The quantitative estimate of drug-likeness (QED) is 0.656. The maximum Gasteiger partial charge on any atom is 0.0362 e. The van der Waals surface area contributed by atoms with Crippen LogP contribution in [0.15, 0.2) is 33.7 Å². The molecule has 0 atom stereocenters. The molecular formula is C9H12IN. The van der Waals surface area contributed by atoms with Crippen LogP contribution >= 0.6 is 22.6 Å². The van der Waals surface area contributed by atoms with Gasteiger partial charge in [0.25, 0.3) is 0 Å². The minimum Gasteiger partial charge on any atom is -0.356 e. The molecular weight excluding hydrogens is 249 g/mol. The summed E-state index contributed by atoms with van der Waals surface area (Å²) in [6.45, 7) is 6.16. The van der Waals surface area contributed by atoms with Gasteiger partial charge in [-0.2, -0.15) is 0 Å². The first-order valence-electron chi connectivity index (χ1n) is 3.64. The molecule has 1 aliphatic rings. The van der Waals surface area contributed by atoms with Crippen molar-refractivity contribution in [3.63, 3.8) is 0 Å². The Morgan fingerprint density at radius 2 is 2.18 bits per heavy atom. The molecule has 1 aliphatic heterocycles. The smallest absolute Gasteiger partial charge is 0.0362 e. The summed E-state index contributed by atoms with van der Waals surface area (Å²) in [6.07, 6.45) is 5.27. The topological polar surface area (TPSA) is 3.24 Å². The van der Waals surface area contributed by atoms with Gasteiger partial charge >= 0.3 is 0 Å². The van der Waals surface area contributed by atoms with Gasteiger partial charge in [-0.1, -0.05) is 13.5 Å². The van der Waals surface area contributed by atoms with Gasteiger partial charge in [0.05, 0.1) is 0 Å². The van der Waals surface area contributed by atoms with Crippen molar-refractivity contribution in [1.82, 2.24) is 4.90 Å². The van der Waals surface area contributed by atoms with Gasteiger partial charge < -0.3 is 4.90 Å². The number of rotatable bonds is 1. The second kappa shape index (κ2) is 3.43. The third-order valence-corrected chi connectivity index (χ3v) is 2.66. The molecule has 0 aromatic heterocycles. The Morgan fingerprint density at radius 1 is 1.55 bits per heavy atom. The molecule has 0 fully saturated rings. The Morgan fingerprint density at radius 3 is 2.73 bits per heavy atom. The highest BCUT2D eigenvalue weighted by molar-refractivity contribution is 14.1. The van der Waals surface area contributed by atoms with E-state index in [9.17, 15) is 0 Å². The molecule has 1 rings (SSSR count). The highest BCUT2D eigenvalue weighted by atomic mass is 127. The minimum absolute atomic E-state index is 1.06. The third kappa shape index (κ3) is 1.86. The average molecular weight is 261 g/mol. The third-order valence-electron chi connectivity index (χ3n) is 1.73. The van der Waals surface area contributed by atoms with E-state index >= 15 is 0 Å². The molecule has 0 bridgehead atoms. The van der Waals surface area contributed by atoms with Crippen LogP contribution in [0.5, 0.6) is 0 Å². The lowest BCUT2D eigenvalue weighted by Gasteiger charge is -2.20. The number of hydrogen-bond acceptors (Lipinski definition) is 1. The number of halogens is 1. The Hall–Kier alpha value is -0.250. The van der Waals surface area contributed by atoms with Gasteiger partial charge in [0, 0.05) is 23.0 Å². The van der Waals surface area contributed by atoms with Gasteiger partial charge in [0.15, 0.2) is 0 Å². The van der Waals surface area contributed by atoms with E-state index in [1.807, 2.05) is 7.05 Å². The molecule has 1 nitrogen and oxygen atoms in total. The predicted octanol–water partition coefficient (Wildman–Crippen LogP) is 3.06. The molecule has 0 amide bonds. The lowest BCUT2D eigenvalue weighted by molar-refractivity contribution is 0.609. The summed E-state index contributed by atoms with van der Waals surface area (Å²) in [5, 5.41) is 0. The second-order valence-corrected chi connectivity index (χ2v) is 3.79. The van der Waals surface area contributed by atoms with E-state index < -0.39 is 0 Å². The second-order valence-electron chi connectivity index (χ2n) is 2.63. The molecule has 11 heavy (non-hydrogen) atoms. The Kier molecular flexibility index (Phi) is 2.76. The Labute approximate surface area is 81.6 Å². The molecule has 1 heterocycles. The van der Waals surface area contributed by atoms with Gasteiger partial charge in [0.2, 0.25) is 0 Å². The van der Waals surface area contributed by atoms with Crippen LogP contribution in [0.2, 0.25) is 0 Å². The first kappa shape index (κ1) is 8.84. The van der Waals surface area contributed by atoms with Crippen molar-refractivity contribution in [2.45, 2.75) is 13.3 Å². The van der Waals surface area contributed by atoms with Crippen LogP contribution in [0.1, 0.15) is 13.3 Å². The zero-order valence-corrected chi connectivity index (χ0v) is 9.05. The van der Waals surface area contributed by atoms with Crippen molar-refractivity contribution in [2.75, 3.05) is 7.05 Å². The van der Waals surface area contributed by atoms with Crippen molar-refractivity contribution in [2.24, 2.45) is 0 Å². The highest BCUT2D eigenvalue weighted by Gasteiger charge is 2.09. The van der Waals surface area contributed by atoms with Crippen molar-refractivity contribution in [1.29, 1.82) is 0 Å². The van der Waals surface area contributed by atoms with E-state index in [1.54, 1.807) is 0 Å². The number of nitrogens with zero attached hydrogens (tertiary/aromatic N) is 1. The molecule has 0 saturated heterocycles. The van der Waals surface area contributed by atoms with Crippen LogP contribution in [0.25, 0.3) is 0 Å². The van der Waals surface area contributed by atoms with Gasteiger partial charge in [-0.25, -0.2) is 0 Å². The molecule has 60 valence electrons. The van der Waals surface area contributed by atoms with Crippen molar-refractivity contribution in [3.8, 4) is 0 Å². The normalized spacial score (nSPS) is 18.1. The van der Waals surface area contributed by atoms with Crippen molar-refractivity contribution < 1.29 is 0 Å². The molecule has 0 aromatic carbocycles. The Bertz CT molecular complexity index is 238. The van der Waals surface area contributed by atoms with Crippen LogP contribution in [-0.4, -0.2) is 11.9 Å². The van der Waals surface area contributed by atoms with E-state index in [0.717, 1.165) is 6.42 Å². The van der Waals surface area contributed by atoms with Gasteiger partial charge in [-0.3, -0.25) is 0 Å². The molecule has 0 aliphatic carbocycles. The minimum atomic E-state index is 1.06. The molecule has 2 heteroatoms. The molecule has 0 radical (unpaired) electrons. The summed E-state index contributed by atoms with van der Waals surface area (Å²) in [4.78, 5) is 2.08. The highest BCUT2D eigenvalue weighted by Crippen LogP contribution is 2.29. The maximum absolute atomic E-state index is 4.01. The summed E-state index contributed by atoms with van der Waals surface area (Å²) in [6, 6.07) is 0. The fraction of sp³-hybridized carbons (Fsp3) is 0.333. The SMILES string of the molecule is C=C1C(I)=CN(C)C=C1CC. The number of allylic oxidation sites excluding steroid dienone is 3. The van der Waals surface area contributed by atoms with Crippen LogP contribution in [0.3, 0.4) is 0 Å². The lowest BCUT2D eigenvalue weighted by atomic mass is 10.0. The van der Waals surface area contributed by atoms with E-state index in [1.165, 1.54) is 14.7 Å². The fourth-order valence-corrected chi connectivity index (χ4v) is 1.86. The standard InChI is InChI=1S/C9H12IN/c1-4-8-5-11(3)6-9(10)7(8)2/h5-6H,2,4H2,1,3H3. The molecule has 0 N–H and O–H groups in total. The summed E-state index contributed by atoms with van der Waals surface area (Å²) in [7, 11) is 2.04. The summed E-state index contributed by atoms with van der Waals surface area (Å²) >= 11 is 2.32. The van der Waals surface area contributed by atoms with Gasteiger partial charge in [-0.05, 0) is 40.2 Å². The maximum atomic E-state index is 4.01. The van der Waals surface area contributed by atoms with E-state index in [0.29, 0.717) is 0 Å². The molecule has 0 spiro atoms. The van der Waals surface area contributed by atoms with Gasteiger partial charge in [-0.15, -0.1) is 0 Å². The lowest BCUT2D eigenvalue weighted by Crippen LogP contribution is -2.09. The van der Waals surface area contributed by atoms with E-state index in [4.69, 9.17) is 0 Å². The average Bonchev–Trinajstić information content (AvgIpc) is 1.96. The number of hydrogen-bond donors (Lipinski definition) is 0. The predicted molar refractivity (Wildman–Crippen MR) is 57.4 cm³/mol. The molecule has 0 unspecified atom stereocenters. The van der Waals surface area contributed by atoms with Crippen LogP contribution in [-0.2, 0) is 0 Å². The zero-order chi connectivity index (χ0) is 8.43. The first-order valence-corrected chi connectivity index (χ1v) is 4.72. The Balaban J connectivity index is 2.91. The van der Waals surface area contributed by atoms with Crippen LogP contribution in [0.4, 0.5) is 0 Å². The summed E-state index contributed by atoms with van der Waals surface area (Å²) in [5.74, 6) is 0. The first-order chi connectivity index (χ1) is 5.15. The molecule has 0 aromatic rings.